The molecule has 0 bridgehead atoms. The molecule has 134 valence electrons. The van der Waals surface area contributed by atoms with Gasteiger partial charge in [0.15, 0.2) is 0 Å². The van der Waals surface area contributed by atoms with E-state index in [1.807, 2.05) is 0 Å². The lowest BCUT2D eigenvalue weighted by Crippen LogP contribution is -2.26. The van der Waals surface area contributed by atoms with Crippen molar-refractivity contribution < 1.29 is 0 Å². The van der Waals surface area contributed by atoms with Crippen LogP contribution in [0.4, 0.5) is 0 Å². The molecule has 0 amide bonds. The summed E-state index contributed by atoms with van der Waals surface area (Å²) in [5, 5.41) is 3.63. The Bertz CT molecular complexity index is 190. The monoisotopic (exact) mass is 311 g/mol. The molecule has 1 N–H and O–H groups in total. The van der Waals surface area contributed by atoms with E-state index in [9.17, 15) is 0 Å². The summed E-state index contributed by atoms with van der Waals surface area (Å²) < 4.78 is 0. The molecule has 0 heterocycles. The summed E-state index contributed by atoms with van der Waals surface area (Å²) in [5.41, 5.74) is 0. The molecule has 0 aromatic heterocycles. The molecular formula is C21H45N. The van der Waals surface area contributed by atoms with Crippen LogP contribution in [0.5, 0.6) is 0 Å². The minimum atomic E-state index is 0.715. The van der Waals surface area contributed by atoms with Crippen LogP contribution in [-0.2, 0) is 0 Å². The summed E-state index contributed by atoms with van der Waals surface area (Å²) in [5.74, 6) is 0. The van der Waals surface area contributed by atoms with Crippen molar-refractivity contribution >= 4 is 0 Å². The van der Waals surface area contributed by atoms with Crippen molar-refractivity contribution in [2.24, 2.45) is 0 Å². The van der Waals surface area contributed by atoms with Gasteiger partial charge in [-0.2, -0.15) is 0 Å². The molecule has 0 aromatic carbocycles. The summed E-state index contributed by atoms with van der Waals surface area (Å²) in [7, 11) is 0. The van der Waals surface area contributed by atoms with Crippen LogP contribution in [0.25, 0.3) is 0 Å². The molecule has 0 saturated carbocycles. The molecule has 1 heteroatoms. The number of nitrogens with one attached hydrogen (secondary N) is 1. The van der Waals surface area contributed by atoms with Crippen LogP contribution in [0.2, 0.25) is 0 Å². The minimum absolute atomic E-state index is 0.715. The molecule has 22 heavy (non-hydrogen) atoms. The topological polar surface area (TPSA) is 12.0 Å². The smallest absolute Gasteiger partial charge is 0.00386 e. The zero-order valence-corrected chi connectivity index (χ0v) is 16.1. The van der Waals surface area contributed by atoms with Crippen molar-refractivity contribution in [3.8, 4) is 0 Å². The lowest BCUT2D eigenvalue weighted by molar-refractivity contribution is 0.484. The third kappa shape index (κ3) is 18.0. The fourth-order valence-corrected chi connectivity index (χ4v) is 3.20. The van der Waals surface area contributed by atoms with Crippen LogP contribution >= 0.6 is 0 Å². The Labute approximate surface area is 142 Å². The van der Waals surface area contributed by atoms with Crippen molar-refractivity contribution in [1.82, 2.24) is 5.32 Å². The lowest BCUT2D eigenvalue weighted by Gasteiger charge is -2.12. The van der Waals surface area contributed by atoms with Gasteiger partial charge in [0.25, 0.3) is 0 Å². The van der Waals surface area contributed by atoms with E-state index in [4.69, 9.17) is 0 Å². The zero-order valence-electron chi connectivity index (χ0n) is 16.1. The molecule has 0 saturated heterocycles. The Kier molecular flexibility index (Phi) is 19.0. The van der Waals surface area contributed by atoms with Crippen molar-refractivity contribution in [1.29, 1.82) is 0 Å². The quantitative estimate of drug-likeness (QED) is 0.263. The highest BCUT2D eigenvalue weighted by molar-refractivity contribution is 4.59. The Balaban J connectivity index is 3.00. The van der Waals surface area contributed by atoms with E-state index in [-0.39, 0.29) is 0 Å². The first-order valence-corrected chi connectivity index (χ1v) is 10.5. The van der Waals surface area contributed by atoms with Crippen molar-refractivity contribution in [3.05, 3.63) is 0 Å². The van der Waals surface area contributed by atoms with Crippen molar-refractivity contribution in [2.45, 2.75) is 130 Å². The average molecular weight is 312 g/mol. The van der Waals surface area contributed by atoms with E-state index < -0.39 is 0 Å². The molecule has 0 aliphatic carbocycles. The molecule has 0 aliphatic rings. The Hall–Kier alpha value is -0.0400. The molecule has 0 fully saturated rings. The second-order valence-corrected chi connectivity index (χ2v) is 7.24. The summed E-state index contributed by atoms with van der Waals surface area (Å²) in [4.78, 5) is 0. The molecular weight excluding hydrogens is 266 g/mol. The van der Waals surface area contributed by atoms with E-state index in [0.717, 1.165) is 0 Å². The van der Waals surface area contributed by atoms with Gasteiger partial charge >= 0.3 is 0 Å². The van der Waals surface area contributed by atoms with Gasteiger partial charge in [-0.05, 0) is 26.3 Å². The largest absolute Gasteiger partial charge is 0.314 e. The second kappa shape index (κ2) is 19.0. The van der Waals surface area contributed by atoms with Crippen LogP contribution in [0.15, 0.2) is 0 Å². The normalized spacial score (nSPS) is 12.7. The Morgan fingerprint density at radius 3 is 1.36 bits per heavy atom. The van der Waals surface area contributed by atoms with Gasteiger partial charge in [-0.15, -0.1) is 0 Å². The summed E-state index contributed by atoms with van der Waals surface area (Å²) >= 11 is 0. The summed E-state index contributed by atoms with van der Waals surface area (Å²) in [6.45, 7) is 8.10. The average Bonchev–Trinajstić information content (AvgIpc) is 2.51. The van der Waals surface area contributed by atoms with Crippen LogP contribution < -0.4 is 5.32 Å². The van der Waals surface area contributed by atoms with Crippen LogP contribution in [-0.4, -0.2) is 12.6 Å². The predicted molar refractivity (Wildman–Crippen MR) is 103 cm³/mol. The molecule has 0 aliphatic heterocycles. The summed E-state index contributed by atoms with van der Waals surface area (Å²) in [6, 6.07) is 0.715. The van der Waals surface area contributed by atoms with E-state index >= 15 is 0 Å². The van der Waals surface area contributed by atoms with Gasteiger partial charge < -0.3 is 5.32 Å². The van der Waals surface area contributed by atoms with Gasteiger partial charge in [-0.1, -0.05) is 104 Å². The first kappa shape index (κ1) is 22.0. The fraction of sp³-hybridized carbons (Fsp3) is 1.00. The van der Waals surface area contributed by atoms with Gasteiger partial charge in [0, 0.05) is 6.04 Å². The minimum Gasteiger partial charge on any atom is -0.314 e. The van der Waals surface area contributed by atoms with Gasteiger partial charge in [-0.3, -0.25) is 0 Å². The second-order valence-electron chi connectivity index (χ2n) is 7.24. The van der Waals surface area contributed by atoms with Crippen LogP contribution in [0.1, 0.15) is 124 Å². The third-order valence-corrected chi connectivity index (χ3v) is 4.74. The molecule has 1 unspecified atom stereocenters. The van der Waals surface area contributed by atoms with E-state index in [0.29, 0.717) is 6.04 Å². The van der Waals surface area contributed by atoms with Gasteiger partial charge in [0.2, 0.25) is 0 Å². The Morgan fingerprint density at radius 1 is 0.545 bits per heavy atom. The standard InChI is InChI=1S/C21H45N/c1-4-6-7-8-9-10-11-12-13-14-15-16-17-18-20-22-21(3)19-5-2/h21-22H,4-20H2,1-3H3. The molecule has 0 aromatic rings. The molecule has 0 spiro atoms. The van der Waals surface area contributed by atoms with Gasteiger partial charge in [-0.25, -0.2) is 0 Å². The highest BCUT2D eigenvalue weighted by Gasteiger charge is 1.98. The Morgan fingerprint density at radius 2 is 0.955 bits per heavy atom. The molecule has 0 rings (SSSR count). The summed E-state index contributed by atoms with van der Waals surface area (Å²) in [6.07, 6.45) is 22.9. The number of unbranched alkanes of at least 4 members (excludes halogenated alkanes) is 13. The van der Waals surface area contributed by atoms with E-state index in [1.54, 1.807) is 0 Å². The lowest BCUT2D eigenvalue weighted by atomic mass is 10.0. The van der Waals surface area contributed by atoms with Crippen molar-refractivity contribution in [2.75, 3.05) is 6.54 Å². The third-order valence-electron chi connectivity index (χ3n) is 4.74. The van der Waals surface area contributed by atoms with E-state index in [1.165, 1.54) is 109 Å². The number of hydrogen-bond acceptors (Lipinski definition) is 1. The first-order chi connectivity index (χ1) is 10.8. The van der Waals surface area contributed by atoms with Gasteiger partial charge in [0.1, 0.15) is 0 Å². The number of hydrogen-bond donors (Lipinski definition) is 1. The van der Waals surface area contributed by atoms with E-state index in [2.05, 4.69) is 26.1 Å². The first-order valence-electron chi connectivity index (χ1n) is 10.5. The highest BCUT2D eigenvalue weighted by atomic mass is 14.9. The molecule has 1 nitrogen and oxygen atoms in total. The van der Waals surface area contributed by atoms with Crippen LogP contribution in [0.3, 0.4) is 0 Å². The molecule has 0 radical (unpaired) electrons. The van der Waals surface area contributed by atoms with Gasteiger partial charge in [0.05, 0.1) is 0 Å². The van der Waals surface area contributed by atoms with Crippen LogP contribution in [0, 0.1) is 0 Å². The maximum Gasteiger partial charge on any atom is 0.00386 e. The SMILES string of the molecule is CCCCCCCCCCCCCCCCNC(C)CCC. The molecule has 1 atom stereocenters. The van der Waals surface area contributed by atoms with Crippen molar-refractivity contribution in [3.63, 3.8) is 0 Å². The number of rotatable bonds is 18. The fourth-order valence-electron chi connectivity index (χ4n) is 3.20. The maximum absolute atomic E-state index is 3.63. The maximum atomic E-state index is 3.63. The predicted octanol–water partition coefficient (Wildman–Crippen LogP) is 7.25. The zero-order chi connectivity index (χ0) is 16.3. The highest BCUT2D eigenvalue weighted by Crippen LogP contribution is 2.12.